The summed E-state index contributed by atoms with van der Waals surface area (Å²) in [4.78, 5) is 2.12. The highest BCUT2D eigenvalue weighted by molar-refractivity contribution is 7.99. The number of benzene rings is 2. The molecule has 1 aliphatic rings. The van der Waals surface area contributed by atoms with Crippen LogP contribution in [0, 0.1) is 0 Å². The van der Waals surface area contributed by atoms with Crippen LogP contribution in [0.3, 0.4) is 0 Å². The second-order valence-electron chi connectivity index (χ2n) is 4.30. The summed E-state index contributed by atoms with van der Waals surface area (Å²) in [5.41, 5.74) is 2.40. The van der Waals surface area contributed by atoms with E-state index in [0.29, 0.717) is 0 Å². The fourth-order valence-electron chi connectivity index (χ4n) is 2.05. The molecule has 0 aliphatic carbocycles. The van der Waals surface area contributed by atoms with E-state index in [1.807, 2.05) is 36.0 Å². The van der Waals surface area contributed by atoms with Gasteiger partial charge < -0.3 is 10.2 Å². The quantitative estimate of drug-likeness (QED) is 0.845. The van der Waals surface area contributed by atoms with E-state index in [9.17, 15) is 0 Å². The maximum atomic E-state index is 5.49. The van der Waals surface area contributed by atoms with Gasteiger partial charge in [0, 0.05) is 5.69 Å². The number of rotatable bonds is 2. The number of para-hydroxylation sites is 1. The second kappa shape index (κ2) is 5.63. The van der Waals surface area contributed by atoms with Crippen molar-refractivity contribution in [2.24, 2.45) is 0 Å². The summed E-state index contributed by atoms with van der Waals surface area (Å²) in [5, 5.41) is 4.44. The Morgan fingerprint density at radius 3 is 2.26 bits per heavy atom. The van der Waals surface area contributed by atoms with Crippen molar-refractivity contribution in [1.82, 2.24) is 5.32 Å². The van der Waals surface area contributed by atoms with Crippen LogP contribution < -0.4 is 10.2 Å². The zero-order valence-electron chi connectivity index (χ0n) is 10.3. The van der Waals surface area contributed by atoms with Crippen LogP contribution in [0.25, 0.3) is 0 Å². The maximum Gasteiger partial charge on any atom is 0.175 e. The molecule has 1 heterocycles. The van der Waals surface area contributed by atoms with E-state index in [2.05, 4.69) is 46.6 Å². The average molecular weight is 286 g/mol. The summed E-state index contributed by atoms with van der Waals surface area (Å²) in [6.07, 6.45) is 0. The lowest BCUT2D eigenvalue weighted by atomic mass is 10.2. The Morgan fingerprint density at radius 2 is 1.63 bits per heavy atom. The first-order valence-electron chi connectivity index (χ1n) is 6.14. The molecule has 1 N–H and O–H groups in total. The highest BCUT2D eigenvalue weighted by Crippen LogP contribution is 2.32. The van der Waals surface area contributed by atoms with Crippen LogP contribution in [0.2, 0.25) is 0 Å². The van der Waals surface area contributed by atoms with Gasteiger partial charge >= 0.3 is 0 Å². The normalized spacial score (nSPS) is 19.1. The predicted octanol–water partition coefficient (Wildman–Crippen LogP) is 3.77. The summed E-state index contributed by atoms with van der Waals surface area (Å²) >= 11 is 7.34. The van der Waals surface area contributed by atoms with Gasteiger partial charge in [0.15, 0.2) is 5.11 Å². The van der Waals surface area contributed by atoms with Crippen LogP contribution in [-0.4, -0.2) is 11.0 Å². The van der Waals surface area contributed by atoms with Gasteiger partial charge in [0.25, 0.3) is 0 Å². The lowest BCUT2D eigenvalue weighted by Crippen LogP contribution is -2.45. The number of anilines is 1. The van der Waals surface area contributed by atoms with Crippen molar-refractivity contribution in [3.05, 3.63) is 66.2 Å². The fraction of sp³-hybridized carbons (Fsp3) is 0.133. The molecule has 4 heteroatoms. The first kappa shape index (κ1) is 12.5. The number of thioether (sulfide) groups is 1. The van der Waals surface area contributed by atoms with Gasteiger partial charge in [0.05, 0.1) is 5.88 Å². The molecule has 1 fully saturated rings. The summed E-state index contributed by atoms with van der Waals surface area (Å²) in [7, 11) is 0. The van der Waals surface area contributed by atoms with E-state index in [4.69, 9.17) is 12.2 Å². The molecule has 0 aromatic heterocycles. The molecule has 0 bridgehead atoms. The summed E-state index contributed by atoms with van der Waals surface area (Å²) in [6.45, 7) is 0. The van der Waals surface area contributed by atoms with E-state index < -0.39 is 0 Å². The number of nitrogens with zero attached hydrogens (tertiary/aromatic N) is 1. The maximum absolute atomic E-state index is 5.49. The zero-order chi connectivity index (χ0) is 13.1. The molecule has 2 aromatic rings. The highest BCUT2D eigenvalue weighted by Gasteiger charge is 2.24. The minimum Gasteiger partial charge on any atom is -0.346 e. The molecular weight excluding hydrogens is 272 g/mol. The van der Waals surface area contributed by atoms with Crippen LogP contribution in [0.1, 0.15) is 10.9 Å². The average Bonchev–Trinajstić information content (AvgIpc) is 2.49. The van der Waals surface area contributed by atoms with Crippen molar-refractivity contribution in [2.45, 2.75) is 5.37 Å². The molecule has 19 heavy (non-hydrogen) atoms. The van der Waals surface area contributed by atoms with Gasteiger partial charge in [-0.15, -0.1) is 11.8 Å². The standard InChI is InChI=1S/C15H14N2S2/c18-15-16-14(12-7-3-1-4-8-12)19-11-17(15)13-9-5-2-6-10-13/h1-10,14H,11H2,(H,16,18). The molecule has 2 nitrogen and oxygen atoms in total. The molecule has 0 saturated carbocycles. The molecule has 3 rings (SSSR count). The van der Waals surface area contributed by atoms with E-state index in [0.717, 1.165) is 16.7 Å². The largest absolute Gasteiger partial charge is 0.346 e. The monoisotopic (exact) mass is 286 g/mol. The number of hydrogen-bond acceptors (Lipinski definition) is 2. The third-order valence-corrected chi connectivity index (χ3v) is 4.51. The first-order chi connectivity index (χ1) is 9.34. The topological polar surface area (TPSA) is 15.3 Å². The molecule has 1 saturated heterocycles. The van der Waals surface area contributed by atoms with Crippen molar-refractivity contribution in [1.29, 1.82) is 0 Å². The SMILES string of the molecule is S=C1NC(c2ccccc2)SCN1c1ccccc1. The smallest absolute Gasteiger partial charge is 0.175 e. The van der Waals surface area contributed by atoms with E-state index >= 15 is 0 Å². The third-order valence-electron chi connectivity index (χ3n) is 3.04. The zero-order valence-corrected chi connectivity index (χ0v) is 12.0. The minimum atomic E-state index is 0.244. The molecule has 0 amide bonds. The van der Waals surface area contributed by atoms with Gasteiger partial charge in [0.2, 0.25) is 0 Å². The Bertz CT molecular complexity index is 557. The number of nitrogens with one attached hydrogen (secondary N) is 1. The van der Waals surface area contributed by atoms with Crippen LogP contribution in [0.4, 0.5) is 5.69 Å². The van der Waals surface area contributed by atoms with Gasteiger partial charge in [-0.05, 0) is 29.9 Å². The summed E-state index contributed by atoms with van der Waals surface area (Å²) in [5.74, 6) is 0.870. The van der Waals surface area contributed by atoms with E-state index in [1.165, 1.54) is 5.56 Å². The Hall–Kier alpha value is -1.52. The van der Waals surface area contributed by atoms with Gasteiger partial charge in [-0.25, -0.2) is 0 Å². The minimum absolute atomic E-state index is 0.244. The van der Waals surface area contributed by atoms with E-state index in [1.54, 1.807) is 0 Å². The van der Waals surface area contributed by atoms with Gasteiger partial charge in [-0.1, -0.05) is 48.5 Å². The van der Waals surface area contributed by atoms with Crippen molar-refractivity contribution in [3.63, 3.8) is 0 Å². The molecule has 2 aromatic carbocycles. The molecule has 96 valence electrons. The summed E-state index contributed by atoms with van der Waals surface area (Å²) < 4.78 is 0. The van der Waals surface area contributed by atoms with Crippen LogP contribution in [0.5, 0.6) is 0 Å². The van der Waals surface area contributed by atoms with Gasteiger partial charge in [0.1, 0.15) is 5.37 Å². The Labute approximate surface area is 122 Å². The molecule has 1 atom stereocenters. The van der Waals surface area contributed by atoms with E-state index in [-0.39, 0.29) is 5.37 Å². The molecule has 0 radical (unpaired) electrons. The predicted molar refractivity (Wildman–Crippen MR) is 86.3 cm³/mol. The third kappa shape index (κ3) is 2.74. The van der Waals surface area contributed by atoms with Crippen LogP contribution in [0.15, 0.2) is 60.7 Å². The molecule has 0 spiro atoms. The lowest BCUT2D eigenvalue weighted by molar-refractivity contribution is 0.857. The Morgan fingerprint density at radius 1 is 1.00 bits per heavy atom. The van der Waals surface area contributed by atoms with Crippen molar-refractivity contribution < 1.29 is 0 Å². The molecular formula is C15H14N2S2. The van der Waals surface area contributed by atoms with Crippen molar-refractivity contribution in [3.8, 4) is 0 Å². The number of thiocarbonyl (C=S) groups is 1. The van der Waals surface area contributed by atoms with Crippen molar-refractivity contribution in [2.75, 3.05) is 10.8 Å². The van der Waals surface area contributed by atoms with Crippen LogP contribution >= 0.6 is 24.0 Å². The fourth-order valence-corrected chi connectivity index (χ4v) is 3.61. The molecule has 1 unspecified atom stereocenters. The second-order valence-corrected chi connectivity index (χ2v) is 5.75. The Kier molecular flexibility index (Phi) is 3.71. The summed E-state index contributed by atoms with van der Waals surface area (Å²) in [6, 6.07) is 20.7. The highest BCUT2D eigenvalue weighted by atomic mass is 32.2. The van der Waals surface area contributed by atoms with Gasteiger partial charge in [-0.3, -0.25) is 0 Å². The first-order valence-corrected chi connectivity index (χ1v) is 7.60. The lowest BCUT2D eigenvalue weighted by Gasteiger charge is -2.35. The van der Waals surface area contributed by atoms with Crippen molar-refractivity contribution >= 4 is 34.8 Å². The van der Waals surface area contributed by atoms with Crippen LogP contribution in [-0.2, 0) is 0 Å². The Balaban J connectivity index is 1.75. The molecule has 1 aliphatic heterocycles. The van der Waals surface area contributed by atoms with Gasteiger partial charge in [-0.2, -0.15) is 0 Å². The number of hydrogen-bond donors (Lipinski definition) is 1.